The number of hydrogen-bond donors (Lipinski definition) is 1. The van der Waals surface area contributed by atoms with Crippen LogP contribution >= 0.6 is 0 Å². The number of carbonyl (C=O) groups is 3. The minimum Gasteiger partial charge on any atom is -0.469 e. The average Bonchev–Trinajstić information content (AvgIpc) is 2.67. The Morgan fingerprint density at radius 2 is 1.62 bits per heavy atom. The third-order valence-corrected chi connectivity index (χ3v) is 3.84. The Morgan fingerprint density at radius 3 is 2.27 bits per heavy atom. The maximum atomic E-state index is 13.0. The molecule has 1 amide bonds. The highest BCUT2D eigenvalue weighted by Gasteiger charge is 2.17. The first kappa shape index (κ1) is 19.3. The summed E-state index contributed by atoms with van der Waals surface area (Å²) in [6.45, 7) is 0.384. The van der Waals surface area contributed by atoms with E-state index in [9.17, 15) is 18.8 Å². The molecule has 0 unspecified atom stereocenters. The number of ether oxygens (including phenoxy) is 1. The summed E-state index contributed by atoms with van der Waals surface area (Å²) in [4.78, 5) is 36.0. The fraction of sp³-hybridized carbons (Fsp3) is 0.250. The van der Waals surface area contributed by atoms with Crippen LogP contribution in [0.25, 0.3) is 0 Å². The number of hydrogen-bond acceptors (Lipinski definition) is 4. The molecular weight excluding hydrogens is 337 g/mol. The van der Waals surface area contributed by atoms with Gasteiger partial charge < -0.3 is 10.1 Å². The van der Waals surface area contributed by atoms with Crippen molar-refractivity contribution in [2.24, 2.45) is 0 Å². The number of benzene rings is 2. The molecule has 0 heterocycles. The molecule has 0 atom stereocenters. The normalized spacial score (nSPS) is 10.2. The van der Waals surface area contributed by atoms with E-state index in [0.717, 1.165) is 0 Å². The van der Waals surface area contributed by atoms with E-state index in [1.807, 2.05) is 0 Å². The largest absolute Gasteiger partial charge is 0.469 e. The summed E-state index contributed by atoms with van der Waals surface area (Å²) in [5.74, 6) is -1.43. The van der Waals surface area contributed by atoms with Crippen molar-refractivity contribution in [2.45, 2.75) is 19.3 Å². The van der Waals surface area contributed by atoms with Crippen LogP contribution < -0.4 is 5.32 Å². The van der Waals surface area contributed by atoms with Gasteiger partial charge in [-0.1, -0.05) is 18.2 Å². The third kappa shape index (κ3) is 5.24. The minimum absolute atomic E-state index is 0.256. The average molecular weight is 357 g/mol. The van der Waals surface area contributed by atoms with Crippen LogP contribution in [-0.4, -0.2) is 31.3 Å². The van der Waals surface area contributed by atoms with Crippen LogP contribution in [0.2, 0.25) is 0 Å². The van der Waals surface area contributed by atoms with Crippen molar-refractivity contribution in [3.05, 3.63) is 71.0 Å². The maximum Gasteiger partial charge on any atom is 0.305 e. The Labute approximate surface area is 151 Å². The molecule has 0 aliphatic heterocycles. The molecule has 0 aromatic heterocycles. The lowest BCUT2D eigenvalue weighted by molar-refractivity contribution is -0.140. The summed E-state index contributed by atoms with van der Waals surface area (Å²) in [5.41, 5.74) is 0.825. The van der Waals surface area contributed by atoms with Crippen molar-refractivity contribution in [2.75, 3.05) is 13.7 Å². The van der Waals surface area contributed by atoms with Crippen molar-refractivity contribution in [1.82, 2.24) is 5.32 Å². The van der Waals surface area contributed by atoms with Crippen molar-refractivity contribution in [1.29, 1.82) is 0 Å². The summed E-state index contributed by atoms with van der Waals surface area (Å²) in [6.07, 6.45) is 1.52. The maximum absolute atomic E-state index is 13.0. The van der Waals surface area contributed by atoms with Crippen molar-refractivity contribution in [3.63, 3.8) is 0 Å². The first-order valence-electron chi connectivity index (χ1n) is 8.27. The van der Waals surface area contributed by atoms with Crippen LogP contribution in [0, 0.1) is 5.82 Å². The summed E-state index contributed by atoms with van der Waals surface area (Å²) in [7, 11) is 1.33. The Morgan fingerprint density at radius 1 is 0.962 bits per heavy atom. The number of amides is 1. The predicted molar refractivity (Wildman–Crippen MR) is 94.5 cm³/mol. The topological polar surface area (TPSA) is 72.5 Å². The lowest BCUT2D eigenvalue weighted by atomic mass is 9.98. The first-order chi connectivity index (χ1) is 12.5. The van der Waals surface area contributed by atoms with Gasteiger partial charge in [-0.15, -0.1) is 0 Å². The zero-order chi connectivity index (χ0) is 18.9. The van der Waals surface area contributed by atoms with Crippen LogP contribution in [0.1, 0.15) is 45.5 Å². The quantitative estimate of drug-likeness (QED) is 0.448. The van der Waals surface area contributed by atoms with E-state index in [-0.39, 0.29) is 28.8 Å². The summed E-state index contributed by atoms with van der Waals surface area (Å²) in [6, 6.07) is 11.7. The van der Waals surface area contributed by atoms with Gasteiger partial charge in [-0.05, 0) is 43.2 Å². The van der Waals surface area contributed by atoms with E-state index in [1.165, 1.54) is 31.4 Å². The van der Waals surface area contributed by atoms with Crippen LogP contribution in [0.5, 0.6) is 0 Å². The molecule has 26 heavy (non-hydrogen) atoms. The zero-order valence-electron chi connectivity index (χ0n) is 14.5. The molecule has 6 heteroatoms. The number of halogens is 1. The highest BCUT2D eigenvalue weighted by atomic mass is 19.1. The molecule has 0 spiro atoms. The molecule has 2 aromatic carbocycles. The minimum atomic E-state index is -0.431. The number of nitrogens with one attached hydrogen (secondary N) is 1. The van der Waals surface area contributed by atoms with Gasteiger partial charge in [-0.2, -0.15) is 0 Å². The molecule has 0 saturated heterocycles. The van der Waals surface area contributed by atoms with Gasteiger partial charge in [0, 0.05) is 24.1 Å². The second-order valence-corrected chi connectivity index (χ2v) is 5.67. The number of rotatable bonds is 8. The molecule has 5 nitrogen and oxygen atoms in total. The smallest absolute Gasteiger partial charge is 0.305 e. The fourth-order valence-electron chi connectivity index (χ4n) is 2.43. The molecule has 0 aliphatic rings. The van der Waals surface area contributed by atoms with Gasteiger partial charge in [0.05, 0.1) is 12.7 Å². The number of methoxy groups -OCH3 is 1. The van der Waals surface area contributed by atoms with Crippen LogP contribution in [0.15, 0.2) is 48.5 Å². The Hall–Kier alpha value is -3.02. The van der Waals surface area contributed by atoms with Gasteiger partial charge in [0.1, 0.15) is 5.82 Å². The number of esters is 1. The van der Waals surface area contributed by atoms with Gasteiger partial charge >= 0.3 is 5.97 Å². The molecule has 2 rings (SSSR count). The molecule has 136 valence electrons. The van der Waals surface area contributed by atoms with E-state index in [1.54, 1.807) is 24.3 Å². The molecule has 0 bridgehead atoms. The van der Waals surface area contributed by atoms with E-state index >= 15 is 0 Å². The van der Waals surface area contributed by atoms with Gasteiger partial charge in [0.25, 0.3) is 5.91 Å². The fourth-order valence-corrected chi connectivity index (χ4v) is 2.43. The molecule has 0 radical (unpaired) electrons. The SMILES string of the molecule is COC(=O)CCCCNC(=O)c1ccccc1C(=O)c1ccc(F)cc1. The Kier molecular flexibility index (Phi) is 7.02. The van der Waals surface area contributed by atoms with E-state index < -0.39 is 5.82 Å². The molecule has 0 fully saturated rings. The van der Waals surface area contributed by atoms with E-state index in [2.05, 4.69) is 10.1 Å². The highest BCUT2D eigenvalue weighted by Crippen LogP contribution is 2.15. The van der Waals surface area contributed by atoms with Crippen LogP contribution in [0.3, 0.4) is 0 Å². The highest BCUT2D eigenvalue weighted by molar-refractivity contribution is 6.15. The summed E-state index contributed by atoms with van der Waals surface area (Å²) < 4.78 is 17.6. The Balaban J connectivity index is 2.01. The van der Waals surface area contributed by atoms with E-state index in [4.69, 9.17) is 0 Å². The monoisotopic (exact) mass is 357 g/mol. The summed E-state index contributed by atoms with van der Waals surface area (Å²) in [5, 5.41) is 2.74. The van der Waals surface area contributed by atoms with Crippen molar-refractivity contribution >= 4 is 17.7 Å². The number of ketones is 1. The number of carbonyl (C=O) groups excluding carboxylic acids is 3. The third-order valence-electron chi connectivity index (χ3n) is 3.84. The molecular formula is C20H20FNO4. The number of unbranched alkanes of at least 4 members (excludes halogenated alkanes) is 1. The van der Waals surface area contributed by atoms with Crippen LogP contribution in [0.4, 0.5) is 4.39 Å². The standard InChI is InChI=1S/C20H20FNO4/c1-26-18(23)8-4-5-13-22-20(25)17-7-3-2-6-16(17)19(24)14-9-11-15(21)12-10-14/h2-3,6-7,9-12H,4-5,8,13H2,1H3,(H,22,25). The Bertz CT molecular complexity index is 787. The van der Waals surface area contributed by atoms with Crippen molar-refractivity contribution in [3.8, 4) is 0 Å². The summed E-state index contributed by atoms with van der Waals surface area (Å²) >= 11 is 0. The molecule has 0 saturated carbocycles. The zero-order valence-corrected chi connectivity index (χ0v) is 14.5. The van der Waals surface area contributed by atoms with Gasteiger partial charge in [-0.3, -0.25) is 14.4 Å². The first-order valence-corrected chi connectivity index (χ1v) is 8.27. The molecule has 2 aromatic rings. The molecule has 1 N–H and O–H groups in total. The lowest BCUT2D eigenvalue weighted by Gasteiger charge is -2.10. The molecule has 0 aliphatic carbocycles. The van der Waals surface area contributed by atoms with E-state index in [0.29, 0.717) is 31.4 Å². The van der Waals surface area contributed by atoms with Crippen LogP contribution in [-0.2, 0) is 9.53 Å². The van der Waals surface area contributed by atoms with Gasteiger partial charge in [0.2, 0.25) is 0 Å². The van der Waals surface area contributed by atoms with Gasteiger partial charge in [0.15, 0.2) is 5.78 Å². The van der Waals surface area contributed by atoms with Crippen molar-refractivity contribution < 1.29 is 23.5 Å². The van der Waals surface area contributed by atoms with Gasteiger partial charge in [-0.25, -0.2) is 4.39 Å². The second kappa shape index (κ2) is 9.46. The lowest BCUT2D eigenvalue weighted by Crippen LogP contribution is -2.26. The second-order valence-electron chi connectivity index (χ2n) is 5.67. The predicted octanol–water partition coefficient (Wildman–Crippen LogP) is 3.13.